The van der Waals surface area contributed by atoms with Crippen LogP contribution in [0.3, 0.4) is 0 Å². The lowest BCUT2D eigenvalue weighted by molar-refractivity contribution is -0.393. The minimum atomic E-state index is -0.663. The number of hydrazone groups is 1. The first-order valence-electron chi connectivity index (χ1n) is 8.17. The molecule has 1 aromatic carbocycles. The summed E-state index contributed by atoms with van der Waals surface area (Å²) in [6.07, 6.45) is 7.94. The summed E-state index contributed by atoms with van der Waals surface area (Å²) in [5.41, 5.74) is 2.96. The number of nitrogens with one attached hydrogen (secondary N) is 1. The van der Waals surface area contributed by atoms with Gasteiger partial charge in [-0.3, -0.25) is 25.7 Å². The fraction of sp³-hybridized carbons (Fsp3) is 0.562. The predicted molar refractivity (Wildman–Crippen MR) is 94.5 cm³/mol. The summed E-state index contributed by atoms with van der Waals surface area (Å²) in [6, 6.07) is 3.45. The molecule has 24 heavy (non-hydrogen) atoms. The highest BCUT2D eigenvalue weighted by Gasteiger charge is 2.19. The van der Waals surface area contributed by atoms with Crippen LogP contribution in [-0.4, -0.2) is 15.6 Å². The highest BCUT2D eigenvalue weighted by molar-refractivity contribution is 5.83. The van der Waals surface area contributed by atoms with E-state index in [-0.39, 0.29) is 17.1 Å². The van der Waals surface area contributed by atoms with Gasteiger partial charge in [0.1, 0.15) is 5.69 Å². The number of benzene rings is 1. The van der Waals surface area contributed by atoms with Crippen LogP contribution in [0.2, 0.25) is 0 Å². The Hall–Kier alpha value is -2.51. The molecule has 0 fully saturated rings. The first-order valence-corrected chi connectivity index (χ1v) is 8.17. The van der Waals surface area contributed by atoms with Crippen LogP contribution in [0.1, 0.15) is 58.8 Å². The molecule has 0 bridgehead atoms. The molecule has 0 atom stereocenters. The Morgan fingerprint density at radius 3 is 2.38 bits per heavy atom. The summed E-state index contributed by atoms with van der Waals surface area (Å²) in [5, 5.41) is 25.9. The third kappa shape index (κ3) is 6.72. The lowest BCUT2D eigenvalue weighted by Gasteiger charge is -2.05. The van der Waals surface area contributed by atoms with Crippen molar-refractivity contribution in [2.24, 2.45) is 5.10 Å². The van der Waals surface area contributed by atoms with Gasteiger partial charge in [0.05, 0.1) is 15.9 Å². The monoisotopic (exact) mass is 336 g/mol. The molecule has 8 nitrogen and oxygen atoms in total. The second kappa shape index (κ2) is 10.3. The van der Waals surface area contributed by atoms with Gasteiger partial charge in [-0.15, -0.1) is 0 Å². The number of nitro benzene ring substituents is 2. The highest BCUT2D eigenvalue weighted by atomic mass is 16.6. The van der Waals surface area contributed by atoms with E-state index in [1.807, 2.05) is 6.92 Å². The van der Waals surface area contributed by atoms with E-state index in [1.54, 1.807) is 0 Å². The maximum atomic E-state index is 11.0. The van der Waals surface area contributed by atoms with E-state index >= 15 is 0 Å². The molecule has 0 saturated heterocycles. The second-order valence-electron chi connectivity index (χ2n) is 5.69. The molecule has 8 heteroatoms. The summed E-state index contributed by atoms with van der Waals surface area (Å²) in [7, 11) is 0. The van der Waals surface area contributed by atoms with Crippen molar-refractivity contribution in [2.75, 3.05) is 5.43 Å². The summed E-state index contributed by atoms with van der Waals surface area (Å²) in [5.74, 6) is 0. The van der Waals surface area contributed by atoms with Crippen LogP contribution in [0.25, 0.3) is 0 Å². The predicted octanol–water partition coefficient (Wildman–Crippen LogP) is 5.04. The van der Waals surface area contributed by atoms with Gasteiger partial charge < -0.3 is 0 Å². The Labute approximate surface area is 141 Å². The molecule has 0 heterocycles. The number of nitrogens with zero attached hydrogens (tertiary/aromatic N) is 3. The second-order valence-corrected chi connectivity index (χ2v) is 5.69. The molecular weight excluding hydrogens is 312 g/mol. The minimum absolute atomic E-state index is 0.146. The van der Waals surface area contributed by atoms with Crippen LogP contribution in [-0.2, 0) is 0 Å². The average Bonchev–Trinajstić information content (AvgIpc) is 2.55. The van der Waals surface area contributed by atoms with Crippen LogP contribution < -0.4 is 5.43 Å². The van der Waals surface area contributed by atoms with Gasteiger partial charge >= 0.3 is 5.69 Å². The lowest BCUT2D eigenvalue weighted by Crippen LogP contribution is -2.01. The van der Waals surface area contributed by atoms with Crippen LogP contribution in [0.15, 0.2) is 23.3 Å². The SMILES string of the molecule is CCCCCCCCC(C)=NNc1ccc([N+](=O)[O-])cc1[N+](=O)[O-]. The van der Waals surface area contributed by atoms with Crippen molar-refractivity contribution in [1.82, 2.24) is 0 Å². The Balaban J connectivity index is 2.58. The normalized spacial score (nSPS) is 11.3. The van der Waals surface area contributed by atoms with E-state index in [9.17, 15) is 20.2 Å². The third-order valence-electron chi connectivity index (χ3n) is 3.65. The topological polar surface area (TPSA) is 111 Å². The molecule has 0 aliphatic rings. The smallest absolute Gasteiger partial charge is 0.272 e. The maximum absolute atomic E-state index is 11.0. The molecule has 0 aromatic heterocycles. The molecule has 0 aliphatic carbocycles. The Bertz CT molecular complexity index is 602. The molecular formula is C16H24N4O4. The number of nitro groups is 2. The van der Waals surface area contributed by atoms with E-state index in [0.717, 1.165) is 31.0 Å². The molecule has 1 rings (SSSR count). The van der Waals surface area contributed by atoms with Gasteiger partial charge in [-0.1, -0.05) is 39.0 Å². The van der Waals surface area contributed by atoms with Crippen LogP contribution in [0.4, 0.5) is 17.1 Å². The number of non-ortho nitro benzene ring substituents is 1. The van der Waals surface area contributed by atoms with E-state index < -0.39 is 9.85 Å². The van der Waals surface area contributed by atoms with Crippen molar-refractivity contribution in [3.8, 4) is 0 Å². The molecule has 1 N–H and O–H groups in total. The molecule has 0 aliphatic heterocycles. The van der Waals surface area contributed by atoms with Crippen LogP contribution >= 0.6 is 0 Å². The van der Waals surface area contributed by atoms with Crippen molar-refractivity contribution >= 4 is 22.8 Å². The Morgan fingerprint density at radius 2 is 1.75 bits per heavy atom. The Kier molecular flexibility index (Phi) is 8.38. The summed E-state index contributed by atoms with van der Waals surface area (Å²) in [4.78, 5) is 20.4. The zero-order chi connectivity index (χ0) is 17.9. The zero-order valence-electron chi connectivity index (χ0n) is 14.2. The van der Waals surface area contributed by atoms with Gasteiger partial charge in [-0.2, -0.15) is 5.10 Å². The molecule has 0 spiro atoms. The lowest BCUT2D eigenvalue weighted by atomic mass is 10.1. The van der Waals surface area contributed by atoms with E-state index in [1.165, 1.54) is 37.8 Å². The van der Waals surface area contributed by atoms with E-state index in [4.69, 9.17) is 0 Å². The first kappa shape index (κ1) is 19.5. The first-order chi connectivity index (χ1) is 11.5. The molecule has 132 valence electrons. The van der Waals surface area contributed by atoms with Crippen molar-refractivity contribution in [2.45, 2.75) is 58.8 Å². The number of hydrogen-bond acceptors (Lipinski definition) is 6. The number of anilines is 1. The fourth-order valence-electron chi connectivity index (χ4n) is 2.25. The molecule has 0 amide bonds. The van der Waals surface area contributed by atoms with E-state index in [2.05, 4.69) is 17.5 Å². The standard InChI is InChI=1S/C16H24N4O4/c1-3-4-5-6-7-8-9-13(2)17-18-15-11-10-14(19(21)22)12-16(15)20(23)24/h10-12,18H,3-9H2,1-2H3. The zero-order valence-corrected chi connectivity index (χ0v) is 14.2. The number of hydrogen-bond donors (Lipinski definition) is 1. The summed E-state index contributed by atoms with van der Waals surface area (Å²) in [6.45, 7) is 4.04. The quantitative estimate of drug-likeness (QED) is 0.263. The van der Waals surface area contributed by atoms with Crippen molar-refractivity contribution in [3.05, 3.63) is 38.4 Å². The van der Waals surface area contributed by atoms with Gasteiger partial charge in [0.2, 0.25) is 0 Å². The average molecular weight is 336 g/mol. The minimum Gasteiger partial charge on any atom is -0.272 e. The summed E-state index contributed by atoms with van der Waals surface area (Å²) >= 11 is 0. The third-order valence-corrected chi connectivity index (χ3v) is 3.65. The van der Waals surface area contributed by atoms with Gasteiger partial charge in [0.25, 0.3) is 5.69 Å². The van der Waals surface area contributed by atoms with Crippen molar-refractivity contribution < 1.29 is 9.85 Å². The van der Waals surface area contributed by atoms with Gasteiger partial charge in [-0.05, 0) is 25.8 Å². The van der Waals surface area contributed by atoms with Crippen molar-refractivity contribution in [1.29, 1.82) is 0 Å². The molecule has 0 unspecified atom stereocenters. The summed E-state index contributed by atoms with van der Waals surface area (Å²) < 4.78 is 0. The molecule has 1 aromatic rings. The van der Waals surface area contributed by atoms with Crippen LogP contribution in [0, 0.1) is 20.2 Å². The van der Waals surface area contributed by atoms with Crippen LogP contribution in [0.5, 0.6) is 0 Å². The Morgan fingerprint density at radius 1 is 1.08 bits per heavy atom. The maximum Gasteiger partial charge on any atom is 0.301 e. The largest absolute Gasteiger partial charge is 0.301 e. The van der Waals surface area contributed by atoms with Gasteiger partial charge in [0.15, 0.2) is 0 Å². The number of unbranched alkanes of at least 4 members (excludes halogenated alkanes) is 5. The van der Waals surface area contributed by atoms with E-state index in [0.29, 0.717) is 0 Å². The molecule has 0 saturated carbocycles. The molecule has 0 radical (unpaired) electrons. The van der Waals surface area contributed by atoms with Gasteiger partial charge in [-0.25, -0.2) is 0 Å². The fourth-order valence-corrected chi connectivity index (χ4v) is 2.25. The van der Waals surface area contributed by atoms with Gasteiger partial charge in [0, 0.05) is 11.8 Å². The van der Waals surface area contributed by atoms with Crippen molar-refractivity contribution in [3.63, 3.8) is 0 Å². The highest BCUT2D eigenvalue weighted by Crippen LogP contribution is 2.28. The number of rotatable bonds is 11.